The second kappa shape index (κ2) is 6.68. The van der Waals surface area contributed by atoms with Crippen molar-refractivity contribution >= 4 is 17.2 Å². The minimum absolute atomic E-state index is 0.172. The molecule has 0 bridgehead atoms. The first-order valence-corrected chi connectivity index (χ1v) is 7.19. The molecule has 2 aromatic rings. The summed E-state index contributed by atoms with van der Waals surface area (Å²) < 4.78 is 19.6. The molecule has 2 nitrogen and oxygen atoms in total. The van der Waals surface area contributed by atoms with Gasteiger partial charge >= 0.3 is 0 Å². The molecule has 4 heteroatoms. The Hall–Kier alpha value is -1.94. The molecule has 0 saturated heterocycles. The van der Waals surface area contributed by atoms with Gasteiger partial charge in [-0.1, -0.05) is 50.3 Å². The third-order valence-electron chi connectivity index (χ3n) is 3.26. The predicted molar refractivity (Wildman–Crippen MR) is 87.2 cm³/mol. The standard InChI is InChI=1S/C17H18FNOS/c1-11(2)12-4-3-5-15(8-12)20-10-14-7-6-13(17(19)21)9-16(14)18/h3-9,11H,10H2,1-2H3,(H2,19,21). The molecule has 0 heterocycles. The predicted octanol–water partition coefficient (Wildman–Crippen LogP) is 4.16. The molecule has 2 aromatic carbocycles. The van der Waals surface area contributed by atoms with Crippen LogP contribution in [0.5, 0.6) is 5.75 Å². The molecule has 0 aliphatic carbocycles. The van der Waals surface area contributed by atoms with E-state index in [1.807, 2.05) is 18.2 Å². The fraction of sp³-hybridized carbons (Fsp3) is 0.235. The zero-order valence-corrected chi connectivity index (χ0v) is 12.9. The average molecular weight is 303 g/mol. The van der Waals surface area contributed by atoms with Crippen LogP contribution in [0.4, 0.5) is 4.39 Å². The Morgan fingerprint density at radius 1 is 1.24 bits per heavy atom. The molecule has 2 N–H and O–H groups in total. The van der Waals surface area contributed by atoms with Gasteiger partial charge in [-0.2, -0.15) is 0 Å². The summed E-state index contributed by atoms with van der Waals surface area (Å²) in [6.45, 7) is 4.41. The van der Waals surface area contributed by atoms with Gasteiger partial charge in [-0.25, -0.2) is 4.39 Å². The van der Waals surface area contributed by atoms with Crippen molar-refractivity contribution in [1.29, 1.82) is 0 Å². The molecule has 0 aromatic heterocycles. The summed E-state index contributed by atoms with van der Waals surface area (Å²) in [4.78, 5) is 0.186. The summed E-state index contributed by atoms with van der Waals surface area (Å²) in [5.41, 5.74) is 7.67. The van der Waals surface area contributed by atoms with E-state index in [2.05, 4.69) is 19.9 Å². The van der Waals surface area contributed by atoms with Crippen LogP contribution in [-0.2, 0) is 6.61 Å². The Kier molecular flexibility index (Phi) is 4.91. The van der Waals surface area contributed by atoms with Crippen LogP contribution in [0.1, 0.15) is 36.5 Å². The summed E-state index contributed by atoms with van der Waals surface area (Å²) in [5.74, 6) is 0.800. The fourth-order valence-electron chi connectivity index (χ4n) is 1.94. The molecule has 21 heavy (non-hydrogen) atoms. The van der Waals surface area contributed by atoms with Crippen LogP contribution in [0.3, 0.4) is 0 Å². The maximum atomic E-state index is 13.9. The lowest BCUT2D eigenvalue weighted by atomic mass is 10.0. The van der Waals surface area contributed by atoms with Gasteiger partial charge in [0.2, 0.25) is 0 Å². The van der Waals surface area contributed by atoms with Gasteiger partial charge in [0.05, 0.1) is 0 Å². The normalized spacial score (nSPS) is 10.7. The van der Waals surface area contributed by atoms with Crippen molar-refractivity contribution in [3.05, 3.63) is 65.0 Å². The number of hydrogen-bond donors (Lipinski definition) is 1. The third kappa shape index (κ3) is 4.02. The summed E-state index contributed by atoms with van der Waals surface area (Å²) in [6.07, 6.45) is 0. The first-order chi connectivity index (χ1) is 9.97. The Balaban J connectivity index is 2.09. The molecule has 0 spiro atoms. The molecule has 110 valence electrons. The van der Waals surface area contributed by atoms with Crippen LogP contribution in [0.25, 0.3) is 0 Å². The van der Waals surface area contributed by atoms with Crippen molar-refractivity contribution in [2.45, 2.75) is 26.4 Å². The number of benzene rings is 2. The maximum Gasteiger partial charge on any atom is 0.130 e. The van der Waals surface area contributed by atoms with Gasteiger partial charge in [0, 0.05) is 11.1 Å². The highest BCUT2D eigenvalue weighted by atomic mass is 32.1. The minimum atomic E-state index is -0.361. The molecule has 0 radical (unpaired) electrons. The van der Waals surface area contributed by atoms with Crippen LogP contribution in [0.15, 0.2) is 42.5 Å². The topological polar surface area (TPSA) is 35.2 Å². The van der Waals surface area contributed by atoms with E-state index in [1.54, 1.807) is 12.1 Å². The summed E-state index contributed by atoms with van der Waals surface area (Å²) in [5, 5.41) is 0. The lowest BCUT2D eigenvalue weighted by Gasteiger charge is -2.11. The summed E-state index contributed by atoms with van der Waals surface area (Å²) in [7, 11) is 0. The molecule has 0 atom stereocenters. The van der Waals surface area contributed by atoms with Crippen LogP contribution in [-0.4, -0.2) is 4.99 Å². The van der Waals surface area contributed by atoms with Gasteiger partial charge in [0.15, 0.2) is 0 Å². The largest absolute Gasteiger partial charge is 0.489 e. The van der Waals surface area contributed by atoms with Crippen LogP contribution in [0, 0.1) is 5.82 Å². The molecule has 0 amide bonds. The van der Waals surface area contributed by atoms with Crippen molar-refractivity contribution < 1.29 is 9.13 Å². The van der Waals surface area contributed by atoms with Crippen molar-refractivity contribution in [2.75, 3.05) is 0 Å². The van der Waals surface area contributed by atoms with E-state index >= 15 is 0 Å². The molecule has 0 fully saturated rings. The molecule has 0 saturated carbocycles. The van der Waals surface area contributed by atoms with Crippen LogP contribution in [0.2, 0.25) is 0 Å². The number of nitrogens with two attached hydrogens (primary N) is 1. The lowest BCUT2D eigenvalue weighted by Crippen LogP contribution is -2.10. The van der Waals surface area contributed by atoms with E-state index in [0.717, 1.165) is 5.75 Å². The summed E-state index contributed by atoms with van der Waals surface area (Å²) in [6, 6.07) is 12.5. The Bertz CT molecular complexity index is 655. The van der Waals surface area contributed by atoms with Crippen molar-refractivity contribution in [2.24, 2.45) is 5.73 Å². The molecule has 0 aliphatic heterocycles. The number of rotatable bonds is 5. The molecule has 2 rings (SSSR count). The zero-order chi connectivity index (χ0) is 15.4. The lowest BCUT2D eigenvalue weighted by molar-refractivity contribution is 0.299. The quantitative estimate of drug-likeness (QED) is 0.842. The first kappa shape index (κ1) is 15.4. The average Bonchev–Trinajstić information content (AvgIpc) is 2.46. The van der Waals surface area contributed by atoms with Gasteiger partial charge in [0.1, 0.15) is 23.2 Å². The summed E-state index contributed by atoms with van der Waals surface area (Å²) >= 11 is 4.82. The number of ether oxygens (including phenoxy) is 1. The SMILES string of the molecule is CC(C)c1cccc(OCc2ccc(C(N)=S)cc2F)c1. The van der Waals surface area contributed by atoms with E-state index in [9.17, 15) is 4.39 Å². The Morgan fingerprint density at radius 2 is 2.00 bits per heavy atom. The second-order valence-corrected chi connectivity index (χ2v) is 5.63. The smallest absolute Gasteiger partial charge is 0.130 e. The van der Waals surface area contributed by atoms with Crippen molar-refractivity contribution in [1.82, 2.24) is 0 Å². The Labute approximate surface area is 129 Å². The molecule has 0 aliphatic rings. The van der Waals surface area contributed by atoms with Gasteiger partial charge in [-0.05, 0) is 29.7 Å². The van der Waals surface area contributed by atoms with Gasteiger partial charge in [-0.15, -0.1) is 0 Å². The molecular formula is C17H18FNOS. The highest BCUT2D eigenvalue weighted by molar-refractivity contribution is 7.80. The monoisotopic (exact) mass is 303 g/mol. The highest BCUT2D eigenvalue weighted by Gasteiger charge is 2.07. The van der Waals surface area contributed by atoms with E-state index in [4.69, 9.17) is 22.7 Å². The van der Waals surface area contributed by atoms with Crippen LogP contribution < -0.4 is 10.5 Å². The third-order valence-corrected chi connectivity index (χ3v) is 3.49. The zero-order valence-electron chi connectivity index (χ0n) is 12.1. The maximum absolute atomic E-state index is 13.9. The highest BCUT2D eigenvalue weighted by Crippen LogP contribution is 2.21. The van der Waals surface area contributed by atoms with Crippen LogP contribution >= 0.6 is 12.2 Å². The first-order valence-electron chi connectivity index (χ1n) is 6.78. The molecular weight excluding hydrogens is 285 g/mol. The van der Waals surface area contributed by atoms with E-state index < -0.39 is 0 Å². The second-order valence-electron chi connectivity index (χ2n) is 5.19. The molecule has 0 unspecified atom stereocenters. The van der Waals surface area contributed by atoms with Crippen molar-refractivity contribution in [3.8, 4) is 5.75 Å². The van der Waals surface area contributed by atoms with Gasteiger partial charge in [-0.3, -0.25) is 0 Å². The van der Waals surface area contributed by atoms with Crippen molar-refractivity contribution in [3.63, 3.8) is 0 Å². The fourth-order valence-corrected chi connectivity index (χ4v) is 2.07. The number of hydrogen-bond acceptors (Lipinski definition) is 2. The van der Waals surface area contributed by atoms with Gasteiger partial charge < -0.3 is 10.5 Å². The van der Waals surface area contributed by atoms with E-state index in [1.165, 1.54) is 11.6 Å². The Morgan fingerprint density at radius 3 is 2.62 bits per heavy atom. The van der Waals surface area contributed by atoms with E-state index in [-0.39, 0.29) is 17.4 Å². The van der Waals surface area contributed by atoms with E-state index in [0.29, 0.717) is 17.0 Å². The number of thiocarbonyl (C=S) groups is 1. The van der Waals surface area contributed by atoms with Gasteiger partial charge in [0.25, 0.3) is 0 Å². The minimum Gasteiger partial charge on any atom is -0.489 e. The number of halogens is 1.